The first-order valence-corrected chi connectivity index (χ1v) is 7.65. The number of carbonyl (C=O) groups excluding carboxylic acids is 2. The minimum Gasteiger partial charge on any atom is -0.358 e. The average Bonchev–Trinajstić information content (AvgIpc) is 2.81. The number of likely N-dealkylation sites (N-methyl/N-ethyl adjacent to an activating group) is 1. The normalized spacial score (nSPS) is 10.7. The van der Waals surface area contributed by atoms with Gasteiger partial charge in [-0.05, 0) is 45.4 Å². The Morgan fingerprint density at radius 1 is 1.53 bits per heavy atom. The van der Waals surface area contributed by atoms with Crippen LogP contribution in [0.25, 0.3) is 6.08 Å². The summed E-state index contributed by atoms with van der Waals surface area (Å²) in [6.07, 6.45) is 4.09. The van der Waals surface area contributed by atoms with E-state index >= 15 is 0 Å². The summed E-state index contributed by atoms with van der Waals surface area (Å²) in [6, 6.07) is 1.94. The molecular weight excluding hydrogens is 328 g/mol. The van der Waals surface area contributed by atoms with Crippen molar-refractivity contribution >= 4 is 45.2 Å². The zero-order valence-electron chi connectivity index (χ0n) is 11.0. The average molecular weight is 345 g/mol. The first-order valence-electron chi connectivity index (χ1n) is 5.98. The van der Waals surface area contributed by atoms with E-state index in [0.717, 1.165) is 15.8 Å². The minimum absolute atomic E-state index is 0.0981. The lowest BCUT2D eigenvalue weighted by atomic mass is 10.3. The smallest absolute Gasteiger partial charge is 0.247 e. The molecule has 1 N–H and O–H groups in total. The largest absolute Gasteiger partial charge is 0.358 e. The molecule has 0 aliphatic rings. The van der Waals surface area contributed by atoms with Crippen molar-refractivity contribution in [1.29, 1.82) is 0 Å². The molecule has 0 bridgehead atoms. The summed E-state index contributed by atoms with van der Waals surface area (Å²) >= 11 is 4.94. The highest BCUT2D eigenvalue weighted by molar-refractivity contribution is 9.11. The highest BCUT2D eigenvalue weighted by Crippen LogP contribution is 2.21. The molecule has 0 aromatic carbocycles. The summed E-state index contributed by atoms with van der Waals surface area (Å²) in [4.78, 5) is 24.9. The molecule has 0 spiro atoms. The summed E-state index contributed by atoms with van der Waals surface area (Å²) in [5.74, 6) is -0.304. The molecule has 1 aromatic rings. The number of carbonyl (C=O) groups is 2. The van der Waals surface area contributed by atoms with Crippen molar-refractivity contribution in [1.82, 2.24) is 10.2 Å². The van der Waals surface area contributed by atoms with E-state index in [1.165, 1.54) is 11.0 Å². The zero-order valence-corrected chi connectivity index (χ0v) is 13.4. The van der Waals surface area contributed by atoms with Gasteiger partial charge < -0.3 is 10.2 Å². The van der Waals surface area contributed by atoms with Gasteiger partial charge in [0, 0.05) is 19.7 Å². The SMILES string of the molecule is CCCN(CC(=O)NC)C(=O)/C=C/c1csc(Br)c1. The second-order valence-electron chi connectivity index (χ2n) is 3.95. The molecule has 0 radical (unpaired) electrons. The van der Waals surface area contributed by atoms with Gasteiger partial charge in [-0.15, -0.1) is 11.3 Å². The van der Waals surface area contributed by atoms with Crippen LogP contribution in [0.15, 0.2) is 21.3 Å². The van der Waals surface area contributed by atoms with E-state index in [-0.39, 0.29) is 18.4 Å². The molecule has 0 fully saturated rings. The molecule has 0 atom stereocenters. The van der Waals surface area contributed by atoms with Gasteiger partial charge in [0.2, 0.25) is 11.8 Å². The van der Waals surface area contributed by atoms with Crippen LogP contribution in [0.1, 0.15) is 18.9 Å². The predicted octanol–water partition coefficient (Wildman–Crippen LogP) is 2.51. The summed E-state index contributed by atoms with van der Waals surface area (Å²) in [6.45, 7) is 2.65. The van der Waals surface area contributed by atoms with E-state index in [1.807, 2.05) is 18.4 Å². The molecule has 0 aliphatic carbocycles. The second-order valence-corrected chi connectivity index (χ2v) is 6.24. The van der Waals surface area contributed by atoms with Crippen molar-refractivity contribution in [2.24, 2.45) is 0 Å². The number of amides is 2. The lowest BCUT2D eigenvalue weighted by molar-refractivity contribution is -0.132. The molecular formula is C13H17BrN2O2S. The fraction of sp³-hybridized carbons (Fsp3) is 0.385. The fourth-order valence-electron chi connectivity index (χ4n) is 1.47. The Bertz CT molecular complexity index is 471. The van der Waals surface area contributed by atoms with E-state index in [0.29, 0.717) is 6.54 Å². The summed E-state index contributed by atoms with van der Waals surface area (Å²) in [7, 11) is 1.57. The van der Waals surface area contributed by atoms with Crippen LogP contribution in [0.4, 0.5) is 0 Å². The van der Waals surface area contributed by atoms with Gasteiger partial charge in [0.05, 0.1) is 10.3 Å². The molecule has 6 heteroatoms. The van der Waals surface area contributed by atoms with Crippen molar-refractivity contribution in [2.75, 3.05) is 20.1 Å². The molecule has 0 unspecified atom stereocenters. The molecule has 0 saturated carbocycles. The molecule has 4 nitrogen and oxygen atoms in total. The van der Waals surface area contributed by atoms with Crippen LogP contribution in [0.3, 0.4) is 0 Å². The van der Waals surface area contributed by atoms with Gasteiger partial charge >= 0.3 is 0 Å². The summed E-state index contributed by atoms with van der Waals surface area (Å²) < 4.78 is 1.02. The first-order chi connectivity index (χ1) is 9.06. The Labute approximate surface area is 125 Å². The molecule has 1 aromatic heterocycles. The van der Waals surface area contributed by atoms with Crippen LogP contribution in [-0.4, -0.2) is 36.9 Å². The predicted molar refractivity (Wildman–Crippen MR) is 82.0 cm³/mol. The molecule has 104 valence electrons. The van der Waals surface area contributed by atoms with Gasteiger partial charge in [0.25, 0.3) is 0 Å². The van der Waals surface area contributed by atoms with E-state index in [4.69, 9.17) is 0 Å². The van der Waals surface area contributed by atoms with Crippen LogP contribution in [0, 0.1) is 0 Å². The van der Waals surface area contributed by atoms with Gasteiger partial charge in [-0.1, -0.05) is 6.92 Å². The first kappa shape index (κ1) is 15.9. The van der Waals surface area contributed by atoms with Crippen LogP contribution in [0.2, 0.25) is 0 Å². The lowest BCUT2D eigenvalue weighted by Gasteiger charge is -2.19. The van der Waals surface area contributed by atoms with Crippen molar-refractivity contribution in [3.63, 3.8) is 0 Å². The second kappa shape index (κ2) is 8.12. The Morgan fingerprint density at radius 2 is 2.26 bits per heavy atom. The van der Waals surface area contributed by atoms with Crippen molar-refractivity contribution in [2.45, 2.75) is 13.3 Å². The number of nitrogens with one attached hydrogen (secondary N) is 1. The van der Waals surface area contributed by atoms with E-state index in [1.54, 1.807) is 24.5 Å². The molecule has 0 saturated heterocycles. The monoisotopic (exact) mass is 344 g/mol. The van der Waals surface area contributed by atoms with E-state index < -0.39 is 0 Å². The minimum atomic E-state index is -0.159. The highest BCUT2D eigenvalue weighted by atomic mass is 79.9. The number of nitrogens with zero attached hydrogens (tertiary/aromatic N) is 1. The van der Waals surface area contributed by atoms with Crippen LogP contribution in [0.5, 0.6) is 0 Å². The zero-order chi connectivity index (χ0) is 14.3. The quantitative estimate of drug-likeness (QED) is 0.806. The molecule has 19 heavy (non-hydrogen) atoms. The number of hydrogen-bond acceptors (Lipinski definition) is 3. The molecule has 1 rings (SSSR count). The Balaban J connectivity index is 2.65. The lowest BCUT2D eigenvalue weighted by Crippen LogP contribution is -2.39. The third-order valence-corrected chi connectivity index (χ3v) is 3.95. The third kappa shape index (κ3) is 5.57. The maximum absolute atomic E-state index is 12.0. The van der Waals surface area contributed by atoms with Gasteiger partial charge in [-0.2, -0.15) is 0 Å². The van der Waals surface area contributed by atoms with Crippen LogP contribution >= 0.6 is 27.3 Å². The van der Waals surface area contributed by atoms with E-state index in [9.17, 15) is 9.59 Å². The summed E-state index contributed by atoms with van der Waals surface area (Å²) in [5, 5.41) is 4.48. The van der Waals surface area contributed by atoms with Crippen LogP contribution in [-0.2, 0) is 9.59 Å². The number of thiophene rings is 1. The Hall–Kier alpha value is -1.14. The molecule has 0 aliphatic heterocycles. The van der Waals surface area contributed by atoms with Crippen molar-refractivity contribution in [3.05, 3.63) is 26.9 Å². The van der Waals surface area contributed by atoms with Crippen molar-refractivity contribution in [3.8, 4) is 0 Å². The maximum Gasteiger partial charge on any atom is 0.247 e. The van der Waals surface area contributed by atoms with E-state index in [2.05, 4.69) is 21.2 Å². The maximum atomic E-state index is 12.0. The number of rotatable bonds is 6. The standard InChI is InChI=1S/C13H17BrN2O2S/c1-3-6-16(8-12(17)15-2)13(18)5-4-10-7-11(14)19-9-10/h4-5,7,9H,3,6,8H2,1-2H3,(H,15,17)/b5-4+. The van der Waals surface area contributed by atoms with Gasteiger partial charge in [-0.3, -0.25) is 9.59 Å². The highest BCUT2D eigenvalue weighted by Gasteiger charge is 2.13. The van der Waals surface area contributed by atoms with Gasteiger partial charge in [-0.25, -0.2) is 0 Å². The third-order valence-electron chi connectivity index (χ3n) is 2.42. The van der Waals surface area contributed by atoms with Crippen LogP contribution < -0.4 is 5.32 Å². The van der Waals surface area contributed by atoms with Gasteiger partial charge in [0.15, 0.2) is 0 Å². The topological polar surface area (TPSA) is 49.4 Å². The molecule has 2 amide bonds. The Morgan fingerprint density at radius 3 is 2.79 bits per heavy atom. The number of hydrogen-bond donors (Lipinski definition) is 1. The molecule has 1 heterocycles. The van der Waals surface area contributed by atoms with Crippen molar-refractivity contribution < 1.29 is 9.59 Å². The summed E-state index contributed by atoms with van der Waals surface area (Å²) in [5.41, 5.74) is 0.974. The fourth-order valence-corrected chi connectivity index (χ4v) is 2.62. The number of halogens is 1. The van der Waals surface area contributed by atoms with Gasteiger partial charge in [0.1, 0.15) is 0 Å². The Kier molecular flexibility index (Phi) is 6.80.